The summed E-state index contributed by atoms with van der Waals surface area (Å²) in [6.07, 6.45) is 3.66. The molecule has 7 heteroatoms. The highest BCUT2D eigenvalue weighted by Crippen LogP contribution is 2.29. The molecule has 134 valence electrons. The van der Waals surface area contributed by atoms with E-state index in [4.69, 9.17) is 23.2 Å². The number of nitrogens with zero attached hydrogens (tertiary/aromatic N) is 3. The lowest BCUT2D eigenvalue weighted by atomic mass is 10.1. The van der Waals surface area contributed by atoms with Crippen molar-refractivity contribution in [1.82, 2.24) is 9.38 Å². The van der Waals surface area contributed by atoms with Crippen LogP contribution in [0.1, 0.15) is 11.3 Å². The molecule has 2 aromatic carbocycles. The molecule has 0 saturated carbocycles. The normalized spacial score (nSPS) is 11.9. The first-order chi connectivity index (χ1) is 13.1. The molecule has 0 bridgehead atoms. The molecule has 4 aromatic rings. The van der Waals surface area contributed by atoms with Crippen molar-refractivity contribution in [2.24, 2.45) is 5.16 Å². The first-order valence-corrected chi connectivity index (χ1v) is 9.53. The number of benzene rings is 2. The summed E-state index contributed by atoms with van der Waals surface area (Å²) in [5.74, 6) is 0. The second-order valence-electron chi connectivity index (χ2n) is 5.84. The third kappa shape index (κ3) is 3.34. The maximum atomic E-state index is 9.71. The van der Waals surface area contributed by atoms with E-state index in [1.807, 2.05) is 47.0 Å². The van der Waals surface area contributed by atoms with Crippen LogP contribution in [0.2, 0.25) is 10.0 Å². The number of hydrogen-bond acceptors (Lipinski definition) is 3. The fourth-order valence-electron chi connectivity index (χ4n) is 2.92. The van der Waals surface area contributed by atoms with E-state index in [0.29, 0.717) is 27.0 Å². The van der Waals surface area contributed by atoms with Gasteiger partial charge in [0.25, 0.3) is 0 Å². The van der Waals surface area contributed by atoms with Crippen LogP contribution in [0.3, 0.4) is 0 Å². The summed E-state index contributed by atoms with van der Waals surface area (Å²) in [6.45, 7) is 0. The zero-order chi connectivity index (χ0) is 19.0. The Hall–Kier alpha value is -2.34. The number of aromatic nitrogens is 2. The van der Waals surface area contributed by atoms with E-state index >= 15 is 0 Å². The van der Waals surface area contributed by atoms with E-state index in [1.165, 1.54) is 0 Å². The van der Waals surface area contributed by atoms with Gasteiger partial charge in [-0.1, -0.05) is 62.5 Å². The summed E-state index contributed by atoms with van der Waals surface area (Å²) in [5, 5.41) is 14.0. The van der Waals surface area contributed by atoms with Crippen LogP contribution in [0, 0.1) is 0 Å². The predicted molar refractivity (Wildman–Crippen MR) is 112 cm³/mol. The van der Waals surface area contributed by atoms with Gasteiger partial charge in [-0.15, -0.1) is 0 Å². The minimum atomic E-state index is 0.290. The topological polar surface area (TPSA) is 49.9 Å². The molecular weight excluding hydrogens is 449 g/mol. The van der Waals surface area contributed by atoms with Gasteiger partial charge < -0.3 is 9.61 Å². The van der Waals surface area contributed by atoms with Gasteiger partial charge in [0.1, 0.15) is 5.71 Å². The Balaban J connectivity index is 1.89. The van der Waals surface area contributed by atoms with Crippen LogP contribution in [0.4, 0.5) is 0 Å². The Morgan fingerprint density at radius 2 is 1.70 bits per heavy atom. The van der Waals surface area contributed by atoms with E-state index in [0.717, 1.165) is 21.2 Å². The van der Waals surface area contributed by atoms with Gasteiger partial charge in [0.05, 0.1) is 33.1 Å². The molecular formula is C20H12BrCl2N3O. The summed E-state index contributed by atoms with van der Waals surface area (Å²) in [6, 6.07) is 16.8. The maximum absolute atomic E-state index is 9.71. The SMILES string of the molecule is O/N=C(\c1c(Cl)cccc1Cl)c1ccc2cnc(-c3ccc(Br)cc3)cn12. The Bertz CT molecular complexity index is 1150. The summed E-state index contributed by atoms with van der Waals surface area (Å²) in [7, 11) is 0. The molecule has 0 aliphatic carbocycles. The number of halogens is 3. The van der Waals surface area contributed by atoms with Crippen molar-refractivity contribution in [2.75, 3.05) is 0 Å². The van der Waals surface area contributed by atoms with Crippen LogP contribution in [-0.4, -0.2) is 20.3 Å². The van der Waals surface area contributed by atoms with Crippen molar-refractivity contribution in [1.29, 1.82) is 0 Å². The molecule has 4 rings (SSSR count). The highest BCUT2D eigenvalue weighted by atomic mass is 79.9. The van der Waals surface area contributed by atoms with Gasteiger partial charge in [-0.05, 0) is 36.4 Å². The number of fused-ring (bicyclic) bond motifs is 1. The standard InChI is InChI=1S/C20H12BrCl2N3O/c21-13-6-4-12(5-7-13)17-11-26-14(10-24-17)8-9-18(26)20(25-27)19-15(22)2-1-3-16(19)23/h1-11,27H/b25-20-. The Morgan fingerprint density at radius 1 is 1.00 bits per heavy atom. The average molecular weight is 461 g/mol. The number of oxime groups is 1. The Kier molecular flexibility index (Phi) is 4.91. The molecule has 0 amide bonds. The van der Waals surface area contributed by atoms with Gasteiger partial charge in [0, 0.05) is 21.8 Å². The van der Waals surface area contributed by atoms with E-state index in [2.05, 4.69) is 26.1 Å². The zero-order valence-electron chi connectivity index (χ0n) is 13.8. The molecule has 2 heterocycles. The predicted octanol–water partition coefficient (Wildman–Crippen LogP) is 6.30. The van der Waals surface area contributed by atoms with Crippen molar-refractivity contribution >= 4 is 50.4 Å². The summed E-state index contributed by atoms with van der Waals surface area (Å²) in [4.78, 5) is 4.52. The van der Waals surface area contributed by atoms with Crippen molar-refractivity contribution in [3.8, 4) is 11.3 Å². The van der Waals surface area contributed by atoms with Crippen LogP contribution in [0.25, 0.3) is 16.8 Å². The second kappa shape index (κ2) is 7.35. The van der Waals surface area contributed by atoms with E-state index < -0.39 is 0 Å². The lowest BCUT2D eigenvalue weighted by Gasteiger charge is -2.10. The lowest BCUT2D eigenvalue weighted by molar-refractivity contribution is 0.319. The summed E-state index contributed by atoms with van der Waals surface area (Å²) in [5.41, 5.74) is 4.04. The molecule has 0 spiro atoms. The highest BCUT2D eigenvalue weighted by Gasteiger charge is 2.19. The molecule has 4 nitrogen and oxygen atoms in total. The second-order valence-corrected chi connectivity index (χ2v) is 7.57. The largest absolute Gasteiger partial charge is 0.410 e. The van der Waals surface area contributed by atoms with E-state index in [9.17, 15) is 5.21 Å². The Morgan fingerprint density at radius 3 is 2.37 bits per heavy atom. The van der Waals surface area contributed by atoms with E-state index in [-0.39, 0.29) is 0 Å². The monoisotopic (exact) mass is 459 g/mol. The lowest BCUT2D eigenvalue weighted by Crippen LogP contribution is -2.09. The van der Waals surface area contributed by atoms with Crippen molar-refractivity contribution in [3.05, 3.63) is 92.8 Å². The first kappa shape index (κ1) is 18.0. The molecule has 0 saturated heterocycles. The third-order valence-electron chi connectivity index (χ3n) is 4.22. The third-order valence-corrected chi connectivity index (χ3v) is 5.38. The fourth-order valence-corrected chi connectivity index (χ4v) is 3.76. The van der Waals surface area contributed by atoms with Crippen molar-refractivity contribution in [3.63, 3.8) is 0 Å². The molecule has 0 radical (unpaired) electrons. The molecule has 0 fully saturated rings. The minimum absolute atomic E-state index is 0.290. The van der Waals surface area contributed by atoms with Crippen LogP contribution in [-0.2, 0) is 0 Å². The van der Waals surface area contributed by atoms with E-state index in [1.54, 1.807) is 24.4 Å². The maximum Gasteiger partial charge on any atom is 0.136 e. The van der Waals surface area contributed by atoms with Gasteiger partial charge in [-0.2, -0.15) is 0 Å². The van der Waals surface area contributed by atoms with Crippen LogP contribution < -0.4 is 0 Å². The van der Waals surface area contributed by atoms with Crippen molar-refractivity contribution < 1.29 is 5.21 Å². The summed E-state index contributed by atoms with van der Waals surface area (Å²) >= 11 is 16.1. The molecule has 0 atom stereocenters. The Labute approximate surface area is 173 Å². The summed E-state index contributed by atoms with van der Waals surface area (Å²) < 4.78 is 2.90. The highest BCUT2D eigenvalue weighted by molar-refractivity contribution is 9.10. The smallest absolute Gasteiger partial charge is 0.136 e. The molecule has 1 N–H and O–H groups in total. The van der Waals surface area contributed by atoms with Crippen molar-refractivity contribution in [2.45, 2.75) is 0 Å². The van der Waals surface area contributed by atoms with Crippen LogP contribution in [0.5, 0.6) is 0 Å². The first-order valence-electron chi connectivity index (χ1n) is 7.98. The molecule has 2 aromatic heterocycles. The van der Waals surface area contributed by atoms with Crippen LogP contribution in [0.15, 0.2) is 76.6 Å². The average Bonchev–Trinajstić information content (AvgIpc) is 3.08. The van der Waals surface area contributed by atoms with Crippen LogP contribution >= 0.6 is 39.1 Å². The fraction of sp³-hybridized carbons (Fsp3) is 0. The molecule has 0 unspecified atom stereocenters. The zero-order valence-corrected chi connectivity index (χ0v) is 16.9. The molecule has 0 aliphatic rings. The number of rotatable bonds is 3. The van der Waals surface area contributed by atoms with Gasteiger partial charge in [-0.3, -0.25) is 4.98 Å². The van der Waals surface area contributed by atoms with Gasteiger partial charge in [0.15, 0.2) is 0 Å². The quantitative estimate of drug-likeness (QED) is 0.221. The van der Waals surface area contributed by atoms with Gasteiger partial charge in [0.2, 0.25) is 0 Å². The van der Waals surface area contributed by atoms with Gasteiger partial charge in [-0.25, -0.2) is 0 Å². The number of hydrogen-bond donors (Lipinski definition) is 1. The van der Waals surface area contributed by atoms with Gasteiger partial charge >= 0.3 is 0 Å². The molecule has 0 aliphatic heterocycles. The molecule has 27 heavy (non-hydrogen) atoms. The minimum Gasteiger partial charge on any atom is -0.410 e.